The summed E-state index contributed by atoms with van der Waals surface area (Å²) in [4.78, 5) is 119. The number of imidazole rings is 1. The van der Waals surface area contributed by atoms with Gasteiger partial charge in [0.15, 0.2) is 0 Å². The second-order valence-electron chi connectivity index (χ2n) is 20.9. The number of ether oxygens (including phenoxy) is 2. The summed E-state index contributed by atoms with van der Waals surface area (Å²) in [6, 6.07) is 16.3. The van der Waals surface area contributed by atoms with Gasteiger partial charge in [-0.15, -0.1) is 11.3 Å². The maximum Gasteiger partial charge on any atom is 0.399 e. The van der Waals surface area contributed by atoms with Crippen molar-refractivity contribution in [1.82, 2.24) is 34.5 Å². The third-order valence-electron chi connectivity index (χ3n) is 14.9. The summed E-state index contributed by atoms with van der Waals surface area (Å²) < 4.78 is 56.6. The van der Waals surface area contributed by atoms with Crippen LogP contribution in [0.2, 0.25) is 0 Å². The van der Waals surface area contributed by atoms with Crippen LogP contribution < -0.4 is 16.3 Å². The Morgan fingerprint density at radius 3 is 2.33 bits per heavy atom. The number of amides is 6. The highest BCUT2D eigenvalue weighted by atomic mass is 32.1. The molecular formula is C52H60F2N7O12PS. The fourth-order valence-electron chi connectivity index (χ4n) is 10.7. The van der Waals surface area contributed by atoms with Gasteiger partial charge in [-0.25, -0.2) is 4.79 Å². The number of benzene rings is 3. The van der Waals surface area contributed by atoms with E-state index in [0.717, 1.165) is 34.6 Å². The lowest BCUT2D eigenvalue weighted by Crippen LogP contribution is -2.60. The number of aryl methyl sites for hydroxylation is 1. The quantitative estimate of drug-likeness (QED) is 0.0904. The maximum atomic E-state index is 14.9. The van der Waals surface area contributed by atoms with Crippen LogP contribution in [-0.2, 0) is 57.1 Å². The Bertz CT molecular complexity index is 3160. The molecule has 2 aromatic heterocycles. The lowest BCUT2D eigenvalue weighted by molar-refractivity contribution is -0.156. The number of alkyl halides is 2. The first-order valence-electron chi connectivity index (χ1n) is 25.0. The fraction of sp³-hybridized carbons (Fsp3) is 0.481. The molecule has 4 aliphatic rings. The smallest absolute Gasteiger partial charge is 0.370 e. The summed E-state index contributed by atoms with van der Waals surface area (Å²) in [6.07, 6.45) is 1.34. The van der Waals surface area contributed by atoms with E-state index in [1.165, 1.54) is 26.2 Å². The predicted molar refractivity (Wildman–Crippen MR) is 272 cm³/mol. The number of rotatable bonds is 13. The molecule has 0 saturated carbocycles. The third kappa shape index (κ3) is 11.0. The molecule has 6 amide bonds. The van der Waals surface area contributed by atoms with Crippen molar-refractivity contribution in [3.8, 4) is 0 Å². The Balaban J connectivity index is 0.878. The van der Waals surface area contributed by atoms with Crippen molar-refractivity contribution in [2.24, 2.45) is 18.4 Å². The van der Waals surface area contributed by atoms with Crippen molar-refractivity contribution in [2.45, 2.75) is 95.3 Å². The maximum absolute atomic E-state index is 14.9. The van der Waals surface area contributed by atoms with Crippen LogP contribution in [0, 0.1) is 11.3 Å². The molecule has 0 radical (unpaired) electrons. The number of carbonyl (C=O) groups excluding carboxylic acids is 6. The summed E-state index contributed by atoms with van der Waals surface area (Å²) in [5.74, 6) is -2.58. The number of aromatic nitrogens is 2. The Kier molecular flexibility index (Phi) is 15.1. The van der Waals surface area contributed by atoms with Gasteiger partial charge in [0, 0.05) is 49.9 Å². The van der Waals surface area contributed by atoms with Gasteiger partial charge in [0.25, 0.3) is 5.91 Å². The van der Waals surface area contributed by atoms with E-state index in [9.17, 15) is 56.7 Å². The third-order valence-corrected chi connectivity index (χ3v) is 17.0. The highest BCUT2D eigenvalue weighted by molar-refractivity contribution is 7.52. The average molecular weight is 1080 g/mol. The molecule has 3 aromatic carbocycles. The van der Waals surface area contributed by atoms with Crippen LogP contribution in [-0.4, -0.2) is 133 Å². The van der Waals surface area contributed by atoms with Crippen molar-refractivity contribution in [2.75, 3.05) is 45.9 Å². The van der Waals surface area contributed by atoms with E-state index in [-0.39, 0.29) is 85.8 Å². The van der Waals surface area contributed by atoms with Crippen molar-refractivity contribution in [3.05, 3.63) is 105 Å². The van der Waals surface area contributed by atoms with Gasteiger partial charge in [-0.05, 0) is 90.3 Å². The molecule has 23 heteroatoms. The predicted octanol–water partition coefficient (Wildman–Crippen LogP) is 4.97. The van der Waals surface area contributed by atoms with E-state index < -0.39 is 78.2 Å². The minimum Gasteiger partial charge on any atom is -0.370 e. The Morgan fingerprint density at radius 2 is 1.64 bits per heavy atom. The highest BCUT2D eigenvalue weighted by Crippen LogP contribution is 2.59. The van der Waals surface area contributed by atoms with Crippen LogP contribution in [0.25, 0.3) is 21.1 Å². The van der Waals surface area contributed by atoms with Crippen molar-refractivity contribution in [3.63, 3.8) is 0 Å². The number of fused-ring (bicyclic) bond motifs is 2. The second kappa shape index (κ2) is 21.1. The highest BCUT2D eigenvalue weighted by Gasteiger charge is 2.51. The number of imide groups is 1. The molecule has 0 bridgehead atoms. The molecule has 400 valence electrons. The summed E-state index contributed by atoms with van der Waals surface area (Å²) in [5.41, 5.74) is -3.51. The average Bonchev–Trinajstić information content (AvgIpc) is 4.08. The standard InChI is InChI=1S/C52H60F2N7O12PS/c1-51(2,3)45(56-47(65)41-27-33-26-34(11-14-40(33)75-41)52(53,54)74(69,70)71)49(67)60-21-18-38(44(60)48(66)59-22-23-72-39(28-59)32-8-6-5-7-9-32)73-29-43(63)58-19-16-30(17-20-58)24-31-10-12-35-37(25-31)57(4)50(68)61(35)36-13-15-42(62)55-46(36)64/h5-12,14,25-27,30,36,38-39,44-45H,13,15-24,28-29H2,1-4H3,(H,56,65)(H,55,62,64)(H2,69,70,71)/t36?,38-,39+,44+,45-/m1/s1. The topological polar surface area (TPSA) is 239 Å². The van der Waals surface area contributed by atoms with Gasteiger partial charge < -0.3 is 39.3 Å². The molecule has 19 nitrogen and oxygen atoms in total. The number of halogens is 2. The first-order chi connectivity index (χ1) is 35.5. The second-order valence-corrected chi connectivity index (χ2v) is 23.7. The molecule has 4 saturated heterocycles. The number of likely N-dealkylation sites (tertiary alicyclic amines) is 2. The molecule has 4 N–H and O–H groups in total. The summed E-state index contributed by atoms with van der Waals surface area (Å²) in [7, 11) is -4.20. The number of thiophene rings is 1. The molecule has 9 rings (SSSR count). The Morgan fingerprint density at radius 1 is 0.907 bits per heavy atom. The van der Waals surface area contributed by atoms with Crippen molar-refractivity contribution in [1.29, 1.82) is 0 Å². The van der Waals surface area contributed by atoms with Crippen LogP contribution in [0.1, 0.15) is 91.4 Å². The van der Waals surface area contributed by atoms with Crippen LogP contribution in [0.15, 0.2) is 77.6 Å². The summed E-state index contributed by atoms with van der Waals surface area (Å²) in [6.45, 7) is 6.53. The molecular weight excluding hydrogens is 1020 g/mol. The number of piperidine rings is 2. The largest absolute Gasteiger partial charge is 0.399 e. The number of morpholine rings is 1. The Labute approximate surface area is 434 Å². The lowest BCUT2D eigenvalue weighted by Gasteiger charge is -2.39. The van der Waals surface area contributed by atoms with Crippen LogP contribution in [0.5, 0.6) is 0 Å². The molecule has 4 aliphatic heterocycles. The van der Waals surface area contributed by atoms with E-state index in [1.807, 2.05) is 48.5 Å². The zero-order valence-electron chi connectivity index (χ0n) is 41.9. The fourth-order valence-corrected chi connectivity index (χ4v) is 12.1. The van der Waals surface area contributed by atoms with Gasteiger partial charge >= 0.3 is 18.9 Å². The molecule has 4 fully saturated rings. The molecule has 5 aromatic rings. The number of hydrogen-bond acceptors (Lipinski definition) is 11. The van der Waals surface area contributed by atoms with E-state index in [1.54, 1.807) is 37.6 Å². The van der Waals surface area contributed by atoms with Gasteiger partial charge in [-0.3, -0.25) is 47.8 Å². The molecule has 6 heterocycles. The van der Waals surface area contributed by atoms with Crippen LogP contribution in [0.4, 0.5) is 8.78 Å². The molecule has 5 atom stereocenters. The number of nitrogens with one attached hydrogen (secondary N) is 2. The van der Waals surface area contributed by atoms with Crippen LogP contribution in [0.3, 0.4) is 0 Å². The number of nitrogens with zero attached hydrogens (tertiary/aromatic N) is 5. The van der Waals surface area contributed by atoms with Gasteiger partial charge in [-0.1, -0.05) is 63.2 Å². The van der Waals surface area contributed by atoms with Gasteiger partial charge in [-0.2, -0.15) is 8.78 Å². The normalized spacial score (nSPS) is 21.7. The molecule has 0 aliphatic carbocycles. The zero-order chi connectivity index (χ0) is 53.7. The summed E-state index contributed by atoms with van der Waals surface area (Å²) >= 11 is 0.946. The monoisotopic (exact) mass is 1080 g/mol. The minimum absolute atomic E-state index is 0.0515. The zero-order valence-corrected chi connectivity index (χ0v) is 43.6. The molecule has 75 heavy (non-hydrogen) atoms. The first-order valence-corrected chi connectivity index (χ1v) is 27.4. The Hall–Kier alpha value is -6.16. The molecule has 0 spiro atoms. The van der Waals surface area contributed by atoms with Crippen LogP contribution >= 0.6 is 18.9 Å². The van der Waals surface area contributed by atoms with Gasteiger partial charge in [0.1, 0.15) is 30.8 Å². The van der Waals surface area contributed by atoms with Gasteiger partial charge in [0.05, 0.1) is 35.2 Å². The lowest BCUT2D eigenvalue weighted by atomic mass is 9.85. The number of carbonyl (C=O) groups is 6. The van der Waals surface area contributed by atoms with Crippen molar-refractivity contribution < 1.29 is 61.4 Å². The van der Waals surface area contributed by atoms with E-state index in [0.29, 0.717) is 48.1 Å². The van der Waals surface area contributed by atoms with Crippen molar-refractivity contribution >= 4 is 75.5 Å². The minimum atomic E-state index is -5.86. The van der Waals surface area contributed by atoms with E-state index >= 15 is 0 Å². The van der Waals surface area contributed by atoms with Gasteiger partial charge in [0.2, 0.25) is 29.5 Å². The first kappa shape index (κ1) is 53.7. The molecule has 1 unspecified atom stereocenters. The van der Waals surface area contributed by atoms with E-state index in [2.05, 4.69) is 10.6 Å². The SMILES string of the molecule is Cn1c(=O)n(C2CCC(=O)NC2=O)c2ccc(CC3CCN(C(=O)CO[C@@H]4CCN(C(=O)[C@@H](NC(=O)c5cc6cc(C(F)(F)P(=O)(O)O)ccc6s5)C(C)(C)C)[C@@H]4C(=O)N4CCO[C@H](c5ccccc5)C4)CC3)cc21. The number of hydrogen-bond donors (Lipinski definition) is 4. The van der Waals surface area contributed by atoms with E-state index in [4.69, 9.17) is 9.47 Å². The summed E-state index contributed by atoms with van der Waals surface area (Å²) in [5, 5.41) is 5.30.